The third-order valence-electron chi connectivity index (χ3n) is 2.91. The lowest BCUT2D eigenvalue weighted by Gasteiger charge is -2.18. The molecule has 9 heteroatoms. The molecule has 1 N–H and O–H groups in total. The summed E-state index contributed by atoms with van der Waals surface area (Å²) in [6, 6.07) is 4.74. The Morgan fingerprint density at radius 1 is 1.41 bits per heavy atom. The Morgan fingerprint density at radius 2 is 2.14 bits per heavy atom. The summed E-state index contributed by atoms with van der Waals surface area (Å²) in [4.78, 5) is 10.8. The van der Waals surface area contributed by atoms with Crippen LogP contribution in [0.2, 0.25) is 0 Å². The molecule has 0 aliphatic heterocycles. The Bertz CT molecular complexity index is 785. The first-order valence-electron chi connectivity index (χ1n) is 6.24. The quantitative estimate of drug-likeness (QED) is 0.821. The number of halogens is 1. The predicted molar refractivity (Wildman–Crippen MR) is 74.4 cm³/mol. The van der Waals surface area contributed by atoms with Crippen LogP contribution in [0.5, 0.6) is 0 Å². The van der Waals surface area contributed by atoms with Gasteiger partial charge in [-0.05, 0) is 18.2 Å². The molecule has 0 aliphatic rings. The largest absolute Gasteiger partial charge is 0.480 e. The van der Waals surface area contributed by atoms with Crippen molar-refractivity contribution >= 4 is 27.0 Å². The third kappa shape index (κ3) is 3.43. The van der Waals surface area contributed by atoms with E-state index >= 15 is 0 Å². The number of sulfonamides is 1. The van der Waals surface area contributed by atoms with Gasteiger partial charge in [0.15, 0.2) is 0 Å². The number of carboxylic acid groups (broad SMARTS) is 1. The van der Waals surface area contributed by atoms with Gasteiger partial charge in [0.05, 0.1) is 6.61 Å². The van der Waals surface area contributed by atoms with Crippen LogP contribution >= 0.6 is 0 Å². The molecule has 0 unspecified atom stereocenters. The van der Waals surface area contributed by atoms with Crippen LogP contribution in [0, 0.1) is 5.82 Å². The zero-order valence-corrected chi connectivity index (χ0v) is 12.5. The van der Waals surface area contributed by atoms with E-state index in [1.165, 1.54) is 13.2 Å². The summed E-state index contributed by atoms with van der Waals surface area (Å²) in [6.07, 6.45) is 0. The topological polar surface area (TPSA) is 97.0 Å². The maximum absolute atomic E-state index is 13.1. The molecule has 0 atom stereocenters. The molecule has 1 aromatic carbocycles. The van der Waals surface area contributed by atoms with Gasteiger partial charge in [-0.2, -0.15) is 4.31 Å². The fourth-order valence-electron chi connectivity index (χ4n) is 1.87. The summed E-state index contributed by atoms with van der Waals surface area (Å²) >= 11 is 0. The van der Waals surface area contributed by atoms with Crippen LogP contribution in [0.15, 0.2) is 33.8 Å². The van der Waals surface area contributed by atoms with Crippen molar-refractivity contribution in [1.29, 1.82) is 0 Å². The van der Waals surface area contributed by atoms with Gasteiger partial charge in [-0.3, -0.25) is 4.79 Å². The van der Waals surface area contributed by atoms with Crippen molar-refractivity contribution in [2.24, 2.45) is 0 Å². The molecule has 0 aliphatic carbocycles. The standard InChI is InChI=1S/C13H14FNO6S/c1-20-5-4-15(8-12(16)17)22(18,19)13-7-9-6-10(14)2-3-11(9)21-13/h2-3,6-7H,4-5,8H2,1H3,(H,16,17). The average Bonchev–Trinajstić information content (AvgIpc) is 2.86. The van der Waals surface area contributed by atoms with E-state index in [2.05, 4.69) is 0 Å². The SMILES string of the molecule is COCCN(CC(=O)O)S(=O)(=O)c1cc2cc(F)ccc2o1. The van der Waals surface area contributed by atoms with Crippen molar-refractivity contribution < 1.29 is 31.9 Å². The van der Waals surface area contributed by atoms with Crippen LogP contribution in [0.1, 0.15) is 0 Å². The van der Waals surface area contributed by atoms with E-state index in [0.29, 0.717) is 0 Å². The number of aliphatic carboxylic acids is 1. The number of fused-ring (bicyclic) bond motifs is 1. The lowest BCUT2D eigenvalue weighted by molar-refractivity contribution is -0.137. The van der Waals surface area contributed by atoms with Gasteiger partial charge in [-0.15, -0.1) is 0 Å². The number of benzene rings is 1. The van der Waals surface area contributed by atoms with Crippen molar-refractivity contribution in [2.45, 2.75) is 5.09 Å². The monoisotopic (exact) mass is 331 g/mol. The molecule has 22 heavy (non-hydrogen) atoms. The van der Waals surface area contributed by atoms with Crippen molar-refractivity contribution in [3.05, 3.63) is 30.1 Å². The molecule has 0 radical (unpaired) electrons. The molecule has 2 aromatic rings. The van der Waals surface area contributed by atoms with Crippen LogP contribution in [0.25, 0.3) is 11.0 Å². The highest BCUT2D eigenvalue weighted by Crippen LogP contribution is 2.25. The van der Waals surface area contributed by atoms with Gasteiger partial charge in [0.1, 0.15) is 17.9 Å². The third-order valence-corrected chi connectivity index (χ3v) is 4.61. The molecule has 0 saturated heterocycles. The molecule has 1 heterocycles. The van der Waals surface area contributed by atoms with E-state index in [1.807, 2.05) is 0 Å². The molecule has 0 spiro atoms. The first-order valence-corrected chi connectivity index (χ1v) is 7.68. The predicted octanol–water partition coefficient (Wildman–Crippen LogP) is 1.29. The lowest BCUT2D eigenvalue weighted by Crippen LogP contribution is -2.37. The van der Waals surface area contributed by atoms with Gasteiger partial charge < -0.3 is 14.3 Å². The number of methoxy groups -OCH3 is 1. The minimum Gasteiger partial charge on any atom is -0.480 e. The number of rotatable bonds is 7. The van der Waals surface area contributed by atoms with Crippen molar-refractivity contribution in [1.82, 2.24) is 4.31 Å². The average molecular weight is 331 g/mol. The van der Waals surface area contributed by atoms with Gasteiger partial charge in [0, 0.05) is 25.1 Å². The van der Waals surface area contributed by atoms with Gasteiger partial charge in [0.25, 0.3) is 10.0 Å². The zero-order chi connectivity index (χ0) is 16.3. The fraction of sp³-hybridized carbons (Fsp3) is 0.308. The van der Waals surface area contributed by atoms with Crippen LogP contribution in [0.3, 0.4) is 0 Å². The van der Waals surface area contributed by atoms with Crippen LogP contribution < -0.4 is 0 Å². The Kier molecular flexibility index (Phi) is 4.79. The van der Waals surface area contributed by atoms with Crippen LogP contribution in [-0.2, 0) is 19.6 Å². The maximum Gasteiger partial charge on any atom is 0.318 e. The number of nitrogens with zero attached hydrogens (tertiary/aromatic N) is 1. The van der Waals surface area contributed by atoms with E-state index in [4.69, 9.17) is 14.3 Å². The van der Waals surface area contributed by atoms with Crippen molar-refractivity contribution in [3.8, 4) is 0 Å². The molecule has 1 aromatic heterocycles. The smallest absolute Gasteiger partial charge is 0.318 e. The normalized spacial score (nSPS) is 12.1. The summed E-state index contributed by atoms with van der Waals surface area (Å²) < 4.78 is 48.7. The van der Waals surface area contributed by atoms with Crippen LogP contribution in [0.4, 0.5) is 4.39 Å². The summed E-state index contributed by atoms with van der Waals surface area (Å²) in [5, 5.41) is 8.68. The Hall–Kier alpha value is -1.97. The Labute approximate surface area is 125 Å². The molecule has 2 rings (SSSR count). The minimum atomic E-state index is -4.16. The Balaban J connectivity index is 2.41. The molecule has 0 amide bonds. The molecule has 0 fully saturated rings. The van der Waals surface area contributed by atoms with E-state index in [-0.39, 0.29) is 24.1 Å². The van der Waals surface area contributed by atoms with Crippen LogP contribution in [-0.4, -0.2) is 50.6 Å². The van der Waals surface area contributed by atoms with Gasteiger partial charge in [-0.25, -0.2) is 12.8 Å². The van der Waals surface area contributed by atoms with E-state index < -0.39 is 33.4 Å². The highest BCUT2D eigenvalue weighted by atomic mass is 32.2. The van der Waals surface area contributed by atoms with Gasteiger partial charge in [0.2, 0.25) is 5.09 Å². The maximum atomic E-state index is 13.1. The number of carbonyl (C=O) groups is 1. The van der Waals surface area contributed by atoms with E-state index in [0.717, 1.165) is 22.5 Å². The second-order valence-corrected chi connectivity index (χ2v) is 6.34. The molecular weight excluding hydrogens is 317 g/mol. The second-order valence-electron chi connectivity index (χ2n) is 4.47. The highest BCUT2D eigenvalue weighted by Gasteiger charge is 2.29. The van der Waals surface area contributed by atoms with E-state index in [1.54, 1.807) is 0 Å². The number of furan rings is 1. The summed E-state index contributed by atoms with van der Waals surface area (Å²) in [5.41, 5.74) is 0.196. The molecule has 0 bridgehead atoms. The first-order chi connectivity index (χ1) is 10.3. The second kappa shape index (κ2) is 6.42. The zero-order valence-electron chi connectivity index (χ0n) is 11.7. The number of hydrogen-bond acceptors (Lipinski definition) is 5. The first kappa shape index (κ1) is 16.4. The number of hydrogen-bond donors (Lipinski definition) is 1. The molecule has 120 valence electrons. The Morgan fingerprint density at radius 3 is 2.77 bits per heavy atom. The summed E-state index contributed by atoms with van der Waals surface area (Å²) in [5.74, 6) is -1.83. The number of carboxylic acids is 1. The number of ether oxygens (including phenoxy) is 1. The summed E-state index contributed by atoms with van der Waals surface area (Å²) in [6.45, 7) is -0.838. The van der Waals surface area contributed by atoms with Gasteiger partial charge >= 0.3 is 5.97 Å². The fourth-order valence-corrected chi connectivity index (χ4v) is 3.19. The van der Waals surface area contributed by atoms with Crippen molar-refractivity contribution in [2.75, 3.05) is 26.8 Å². The minimum absolute atomic E-state index is 0.0291. The van der Waals surface area contributed by atoms with Crippen molar-refractivity contribution in [3.63, 3.8) is 0 Å². The lowest BCUT2D eigenvalue weighted by atomic mass is 10.2. The molecule has 7 nitrogen and oxygen atoms in total. The molecular formula is C13H14FNO6S. The summed E-state index contributed by atoms with van der Waals surface area (Å²) in [7, 11) is -2.79. The highest BCUT2D eigenvalue weighted by molar-refractivity contribution is 7.89. The van der Waals surface area contributed by atoms with E-state index in [9.17, 15) is 17.6 Å². The molecule has 0 saturated carbocycles. The van der Waals surface area contributed by atoms with Gasteiger partial charge in [-0.1, -0.05) is 0 Å².